The van der Waals surface area contributed by atoms with Crippen molar-refractivity contribution in [1.29, 1.82) is 0 Å². The molecule has 0 aliphatic carbocycles. The summed E-state index contributed by atoms with van der Waals surface area (Å²) in [6.45, 7) is 22.6. The number of rotatable bonds is 3. The molecule has 0 saturated carbocycles. The molecule has 0 unspecified atom stereocenters. The van der Waals surface area contributed by atoms with Crippen molar-refractivity contribution in [1.82, 2.24) is 9.80 Å². The largest absolute Gasteiger partial charge is 0.379 e. The summed E-state index contributed by atoms with van der Waals surface area (Å²) in [5.41, 5.74) is 3.44. The molecule has 0 spiro atoms. The summed E-state index contributed by atoms with van der Waals surface area (Å²) in [4.78, 5) is 10.5. The zero-order chi connectivity index (χ0) is 19.1. The molecule has 2 fully saturated rings. The first-order chi connectivity index (χ1) is 12.1. The molecule has 3 heterocycles. The molecule has 3 aliphatic rings. The molecule has 0 aromatic carbocycles. The highest BCUT2D eigenvalue weighted by Crippen LogP contribution is 2.45. The highest BCUT2D eigenvalue weighted by molar-refractivity contribution is 5.90. The Hall–Kier alpha value is -0.870. The van der Waals surface area contributed by atoms with E-state index in [0.29, 0.717) is 12.0 Å². The Bertz CT molecular complexity index is 573. The first-order valence-corrected chi connectivity index (χ1v) is 10.5. The third kappa shape index (κ3) is 4.01. The summed E-state index contributed by atoms with van der Waals surface area (Å²) in [5.74, 6) is 2.00. The van der Waals surface area contributed by atoms with Gasteiger partial charge < -0.3 is 9.64 Å². The molecule has 0 bridgehead atoms. The van der Waals surface area contributed by atoms with Gasteiger partial charge in [-0.25, -0.2) is 0 Å². The van der Waals surface area contributed by atoms with Crippen molar-refractivity contribution in [2.75, 3.05) is 39.4 Å². The van der Waals surface area contributed by atoms with Gasteiger partial charge in [0.2, 0.25) is 0 Å². The van der Waals surface area contributed by atoms with Crippen molar-refractivity contribution in [2.24, 2.45) is 21.7 Å². The van der Waals surface area contributed by atoms with Crippen LogP contribution < -0.4 is 0 Å². The van der Waals surface area contributed by atoms with Crippen LogP contribution >= 0.6 is 0 Å². The van der Waals surface area contributed by atoms with Crippen molar-refractivity contribution in [3.63, 3.8) is 0 Å². The van der Waals surface area contributed by atoms with Gasteiger partial charge in [0.1, 0.15) is 5.84 Å². The molecule has 3 rings (SSSR count). The van der Waals surface area contributed by atoms with Gasteiger partial charge in [-0.05, 0) is 29.7 Å². The average molecular weight is 362 g/mol. The minimum absolute atomic E-state index is 0.0932. The minimum Gasteiger partial charge on any atom is -0.379 e. The van der Waals surface area contributed by atoms with Crippen molar-refractivity contribution >= 4 is 5.84 Å². The molecular formula is C22H39N3O. The maximum Gasteiger partial charge on any atom is 0.109 e. The normalized spacial score (nSPS) is 28.4. The molecule has 4 heteroatoms. The number of hydrogen-bond donors (Lipinski definition) is 0. The number of amidine groups is 1. The predicted molar refractivity (Wildman–Crippen MR) is 110 cm³/mol. The third-order valence-electron chi connectivity index (χ3n) is 5.91. The fourth-order valence-electron chi connectivity index (χ4n) is 4.86. The Balaban J connectivity index is 1.91. The van der Waals surface area contributed by atoms with Crippen LogP contribution in [0.2, 0.25) is 0 Å². The number of allylic oxidation sites excluding steroid dienone is 1. The molecule has 148 valence electrons. The van der Waals surface area contributed by atoms with Gasteiger partial charge in [0.05, 0.1) is 19.3 Å². The van der Waals surface area contributed by atoms with Crippen LogP contribution in [0.4, 0.5) is 0 Å². The summed E-state index contributed by atoms with van der Waals surface area (Å²) in [5, 5.41) is 0. The molecule has 0 N–H and O–H groups in total. The van der Waals surface area contributed by atoms with Crippen LogP contribution in [0.3, 0.4) is 0 Å². The van der Waals surface area contributed by atoms with Gasteiger partial charge in [-0.3, -0.25) is 9.89 Å². The fraction of sp³-hybridized carbons (Fsp3) is 0.864. The van der Waals surface area contributed by atoms with Gasteiger partial charge in [0, 0.05) is 37.3 Å². The standard InChI is InChI=1S/C22H39N3O/c1-8-17-19(21(2,3)4)18-13-16(14-24-9-11-26-12-10-24)15-25(18)20(23-17)22(5,6)7/h16-17H,8-15H2,1-7H3/t16-,17+/m0/s1. The number of hydrogen-bond acceptors (Lipinski definition) is 4. The number of aliphatic imine (C=N–C) groups is 1. The van der Waals surface area contributed by atoms with E-state index in [1.165, 1.54) is 18.8 Å². The van der Waals surface area contributed by atoms with E-state index in [1.807, 2.05) is 0 Å². The van der Waals surface area contributed by atoms with Gasteiger partial charge in [-0.1, -0.05) is 48.5 Å². The number of fused-ring (bicyclic) bond motifs is 1. The van der Waals surface area contributed by atoms with Crippen LogP contribution in [0.25, 0.3) is 0 Å². The molecule has 2 saturated heterocycles. The van der Waals surface area contributed by atoms with E-state index in [0.717, 1.165) is 39.3 Å². The summed E-state index contributed by atoms with van der Waals surface area (Å²) in [6.07, 6.45) is 2.30. The zero-order valence-corrected chi connectivity index (χ0v) is 18.1. The number of morpholine rings is 1. The molecule has 3 aliphatic heterocycles. The van der Waals surface area contributed by atoms with Gasteiger partial charge >= 0.3 is 0 Å². The van der Waals surface area contributed by atoms with Gasteiger partial charge in [0.25, 0.3) is 0 Å². The summed E-state index contributed by atoms with van der Waals surface area (Å²) >= 11 is 0. The van der Waals surface area contributed by atoms with Gasteiger partial charge in [0.15, 0.2) is 0 Å². The van der Waals surface area contributed by atoms with Gasteiger partial charge in [-0.2, -0.15) is 0 Å². The fourth-order valence-corrected chi connectivity index (χ4v) is 4.86. The molecular weight excluding hydrogens is 322 g/mol. The van der Waals surface area contributed by atoms with Crippen LogP contribution in [-0.2, 0) is 4.74 Å². The first-order valence-electron chi connectivity index (χ1n) is 10.5. The highest BCUT2D eigenvalue weighted by Gasteiger charge is 2.43. The summed E-state index contributed by atoms with van der Waals surface area (Å²) in [6, 6.07) is 0.345. The van der Waals surface area contributed by atoms with Crippen molar-refractivity contribution in [3.8, 4) is 0 Å². The van der Waals surface area contributed by atoms with Crippen molar-refractivity contribution in [2.45, 2.75) is 67.3 Å². The lowest BCUT2D eigenvalue weighted by molar-refractivity contribution is 0.0315. The number of ether oxygens (including phenoxy) is 1. The van der Waals surface area contributed by atoms with E-state index in [-0.39, 0.29) is 10.8 Å². The second-order valence-electron chi connectivity index (χ2n) is 10.3. The van der Waals surface area contributed by atoms with E-state index in [2.05, 4.69) is 58.3 Å². The quantitative estimate of drug-likeness (QED) is 0.755. The average Bonchev–Trinajstić information content (AvgIpc) is 2.94. The Morgan fingerprint density at radius 3 is 2.23 bits per heavy atom. The molecule has 0 aromatic rings. The molecule has 4 nitrogen and oxygen atoms in total. The Morgan fingerprint density at radius 2 is 1.69 bits per heavy atom. The monoisotopic (exact) mass is 361 g/mol. The van der Waals surface area contributed by atoms with E-state index < -0.39 is 0 Å². The number of nitrogens with zero attached hydrogens (tertiary/aromatic N) is 3. The lowest BCUT2D eigenvalue weighted by Gasteiger charge is -2.42. The molecule has 2 atom stereocenters. The minimum atomic E-state index is 0.0932. The van der Waals surface area contributed by atoms with Crippen LogP contribution in [0, 0.1) is 16.7 Å². The molecule has 0 amide bonds. The van der Waals surface area contributed by atoms with Crippen molar-refractivity contribution in [3.05, 3.63) is 11.3 Å². The SMILES string of the molecule is CC[C@H]1N=C(C(C)(C)C)N2C[C@H](CN3CCOCC3)CC2=C1C(C)(C)C. The van der Waals surface area contributed by atoms with Gasteiger partial charge in [-0.15, -0.1) is 0 Å². The smallest absolute Gasteiger partial charge is 0.109 e. The third-order valence-corrected chi connectivity index (χ3v) is 5.91. The van der Waals surface area contributed by atoms with E-state index in [4.69, 9.17) is 9.73 Å². The summed E-state index contributed by atoms with van der Waals surface area (Å²) in [7, 11) is 0. The highest BCUT2D eigenvalue weighted by atomic mass is 16.5. The van der Waals surface area contributed by atoms with Crippen LogP contribution in [0.15, 0.2) is 16.3 Å². The topological polar surface area (TPSA) is 28.1 Å². The molecule has 0 aromatic heterocycles. The lowest BCUT2D eigenvalue weighted by atomic mass is 9.77. The Labute approximate surface area is 160 Å². The predicted octanol–water partition coefficient (Wildman–Crippen LogP) is 4.18. The molecule has 26 heavy (non-hydrogen) atoms. The second-order valence-corrected chi connectivity index (χ2v) is 10.3. The second kappa shape index (κ2) is 7.27. The Morgan fingerprint density at radius 1 is 1.04 bits per heavy atom. The van der Waals surface area contributed by atoms with Crippen LogP contribution in [-0.4, -0.2) is 61.1 Å². The van der Waals surface area contributed by atoms with E-state index >= 15 is 0 Å². The lowest BCUT2D eigenvalue weighted by Crippen LogP contribution is -2.44. The van der Waals surface area contributed by atoms with E-state index in [1.54, 1.807) is 11.3 Å². The zero-order valence-electron chi connectivity index (χ0n) is 18.1. The molecule has 0 radical (unpaired) electrons. The maximum absolute atomic E-state index is 5.53. The maximum atomic E-state index is 5.53. The first kappa shape index (κ1) is 19.9. The van der Waals surface area contributed by atoms with Crippen molar-refractivity contribution < 1.29 is 4.74 Å². The summed E-state index contributed by atoms with van der Waals surface area (Å²) < 4.78 is 5.53. The van der Waals surface area contributed by atoms with Crippen LogP contribution in [0.5, 0.6) is 0 Å². The Kier molecular flexibility index (Phi) is 5.56. The van der Waals surface area contributed by atoms with E-state index in [9.17, 15) is 0 Å². The van der Waals surface area contributed by atoms with Crippen LogP contribution in [0.1, 0.15) is 61.3 Å².